The first kappa shape index (κ1) is 7.31. The minimum absolute atomic E-state index is 0.549. The Balaban J connectivity index is 2.66. The molecule has 0 amide bonds. The molecular weight excluding hydrogens is 150 g/mol. The van der Waals surface area contributed by atoms with Crippen LogP contribution in [0.15, 0.2) is 18.3 Å². The van der Waals surface area contributed by atoms with Crippen LogP contribution < -0.4 is 5.73 Å². The summed E-state index contributed by atoms with van der Waals surface area (Å²) in [5.74, 6) is 0. The number of nitrogens with one attached hydrogen (secondary N) is 1. The molecular formula is C9H11N3. The number of fused-ring (bicyclic) bond motifs is 1. The predicted molar refractivity (Wildman–Crippen MR) is 48.7 cm³/mol. The zero-order valence-corrected chi connectivity index (χ0v) is 6.96. The summed E-state index contributed by atoms with van der Waals surface area (Å²) >= 11 is 0. The topological polar surface area (TPSA) is 54.7 Å². The van der Waals surface area contributed by atoms with E-state index in [2.05, 4.69) is 22.1 Å². The van der Waals surface area contributed by atoms with Gasteiger partial charge in [0, 0.05) is 23.8 Å². The number of pyridine rings is 1. The molecule has 0 fully saturated rings. The minimum Gasteiger partial charge on any atom is -0.344 e. The average Bonchev–Trinajstić information content (AvgIpc) is 2.43. The highest BCUT2D eigenvalue weighted by molar-refractivity contribution is 5.76. The molecule has 0 unspecified atom stereocenters. The second-order valence-electron chi connectivity index (χ2n) is 2.94. The van der Waals surface area contributed by atoms with Crippen LogP contribution in [-0.2, 0) is 6.54 Å². The number of hydrogen-bond acceptors (Lipinski definition) is 2. The fourth-order valence-electron chi connectivity index (χ4n) is 1.31. The zero-order chi connectivity index (χ0) is 8.55. The summed E-state index contributed by atoms with van der Waals surface area (Å²) < 4.78 is 0. The van der Waals surface area contributed by atoms with Crippen LogP contribution in [0.3, 0.4) is 0 Å². The number of aryl methyl sites for hydroxylation is 1. The van der Waals surface area contributed by atoms with Crippen LogP contribution in [0.1, 0.15) is 11.3 Å². The fraction of sp³-hybridized carbons (Fsp3) is 0.222. The monoisotopic (exact) mass is 161 g/mol. The Kier molecular flexibility index (Phi) is 1.59. The van der Waals surface area contributed by atoms with E-state index in [1.807, 2.05) is 6.92 Å². The van der Waals surface area contributed by atoms with Gasteiger partial charge in [-0.25, -0.2) is 4.98 Å². The van der Waals surface area contributed by atoms with Crippen LogP contribution in [0.2, 0.25) is 0 Å². The molecule has 0 saturated carbocycles. The van der Waals surface area contributed by atoms with Crippen LogP contribution >= 0.6 is 0 Å². The highest BCUT2D eigenvalue weighted by atomic mass is 14.8. The fourth-order valence-corrected chi connectivity index (χ4v) is 1.31. The van der Waals surface area contributed by atoms with Gasteiger partial charge in [0.15, 0.2) is 0 Å². The van der Waals surface area contributed by atoms with Crippen LogP contribution in [0.25, 0.3) is 11.0 Å². The van der Waals surface area contributed by atoms with Crippen molar-refractivity contribution in [3.8, 4) is 0 Å². The smallest absolute Gasteiger partial charge is 0.137 e. The molecule has 2 rings (SSSR count). The number of aromatic nitrogens is 2. The number of hydrogen-bond donors (Lipinski definition) is 2. The molecule has 0 aliphatic heterocycles. The zero-order valence-electron chi connectivity index (χ0n) is 6.96. The van der Waals surface area contributed by atoms with E-state index in [0.717, 1.165) is 22.3 Å². The van der Waals surface area contributed by atoms with Crippen molar-refractivity contribution in [2.75, 3.05) is 0 Å². The number of aromatic amines is 1. The van der Waals surface area contributed by atoms with Gasteiger partial charge >= 0.3 is 0 Å². The molecule has 3 nitrogen and oxygen atoms in total. The maximum Gasteiger partial charge on any atom is 0.137 e. The van der Waals surface area contributed by atoms with Crippen molar-refractivity contribution in [2.45, 2.75) is 13.5 Å². The van der Waals surface area contributed by atoms with E-state index >= 15 is 0 Å². The SMILES string of the molecule is Cc1cc2cc(CN)cnc2[nH]1. The van der Waals surface area contributed by atoms with E-state index in [1.54, 1.807) is 6.20 Å². The Hall–Kier alpha value is -1.35. The van der Waals surface area contributed by atoms with Gasteiger partial charge in [0.2, 0.25) is 0 Å². The summed E-state index contributed by atoms with van der Waals surface area (Å²) in [4.78, 5) is 7.40. The molecule has 0 bridgehead atoms. The summed E-state index contributed by atoms with van der Waals surface area (Å²) in [6.07, 6.45) is 1.80. The lowest BCUT2D eigenvalue weighted by Crippen LogP contribution is -1.96. The van der Waals surface area contributed by atoms with Gasteiger partial charge in [-0.3, -0.25) is 0 Å². The first-order valence-electron chi connectivity index (χ1n) is 3.94. The Morgan fingerprint density at radius 1 is 1.50 bits per heavy atom. The maximum atomic E-state index is 5.50. The van der Waals surface area contributed by atoms with Crippen LogP contribution in [-0.4, -0.2) is 9.97 Å². The molecule has 0 aliphatic carbocycles. The predicted octanol–water partition coefficient (Wildman–Crippen LogP) is 1.33. The lowest BCUT2D eigenvalue weighted by Gasteiger charge is -1.94. The molecule has 0 spiro atoms. The highest BCUT2D eigenvalue weighted by Crippen LogP contribution is 2.13. The summed E-state index contributed by atoms with van der Waals surface area (Å²) in [6, 6.07) is 4.13. The molecule has 0 aromatic carbocycles. The summed E-state index contributed by atoms with van der Waals surface area (Å²) in [7, 11) is 0. The van der Waals surface area contributed by atoms with Crippen molar-refractivity contribution < 1.29 is 0 Å². The lowest BCUT2D eigenvalue weighted by atomic mass is 10.2. The first-order chi connectivity index (χ1) is 5.79. The van der Waals surface area contributed by atoms with Crippen molar-refractivity contribution in [3.63, 3.8) is 0 Å². The lowest BCUT2D eigenvalue weighted by molar-refractivity contribution is 1.06. The molecule has 3 N–H and O–H groups in total. The van der Waals surface area contributed by atoms with E-state index in [4.69, 9.17) is 5.73 Å². The van der Waals surface area contributed by atoms with Crippen molar-refractivity contribution in [1.82, 2.24) is 9.97 Å². The normalized spacial score (nSPS) is 10.8. The Morgan fingerprint density at radius 3 is 3.08 bits per heavy atom. The second-order valence-corrected chi connectivity index (χ2v) is 2.94. The highest BCUT2D eigenvalue weighted by Gasteiger charge is 1.98. The first-order valence-corrected chi connectivity index (χ1v) is 3.94. The van der Waals surface area contributed by atoms with Gasteiger partial charge in [-0.2, -0.15) is 0 Å². The van der Waals surface area contributed by atoms with E-state index in [0.29, 0.717) is 6.54 Å². The molecule has 0 aliphatic rings. The van der Waals surface area contributed by atoms with Gasteiger partial charge in [0.25, 0.3) is 0 Å². The number of nitrogens with zero attached hydrogens (tertiary/aromatic N) is 1. The quantitative estimate of drug-likeness (QED) is 0.663. The summed E-state index contributed by atoms with van der Waals surface area (Å²) in [6.45, 7) is 2.57. The summed E-state index contributed by atoms with van der Waals surface area (Å²) in [5.41, 5.74) is 8.63. The molecule has 12 heavy (non-hydrogen) atoms. The van der Waals surface area contributed by atoms with Crippen molar-refractivity contribution in [1.29, 1.82) is 0 Å². The van der Waals surface area contributed by atoms with Crippen LogP contribution in [0, 0.1) is 6.92 Å². The van der Waals surface area contributed by atoms with E-state index in [9.17, 15) is 0 Å². The van der Waals surface area contributed by atoms with Crippen molar-refractivity contribution >= 4 is 11.0 Å². The third-order valence-corrected chi connectivity index (χ3v) is 1.90. The van der Waals surface area contributed by atoms with Gasteiger partial charge in [-0.05, 0) is 24.6 Å². The molecule has 3 heteroatoms. The number of nitrogens with two attached hydrogens (primary N) is 1. The molecule has 2 aromatic heterocycles. The minimum atomic E-state index is 0.549. The van der Waals surface area contributed by atoms with E-state index in [-0.39, 0.29) is 0 Å². The van der Waals surface area contributed by atoms with Crippen LogP contribution in [0.5, 0.6) is 0 Å². The second kappa shape index (κ2) is 2.60. The maximum absolute atomic E-state index is 5.50. The van der Waals surface area contributed by atoms with Gasteiger partial charge in [0.05, 0.1) is 0 Å². The van der Waals surface area contributed by atoms with Gasteiger partial charge in [-0.1, -0.05) is 0 Å². The molecule has 0 radical (unpaired) electrons. The molecule has 2 heterocycles. The third-order valence-electron chi connectivity index (χ3n) is 1.90. The van der Waals surface area contributed by atoms with Gasteiger partial charge < -0.3 is 10.7 Å². The Bertz CT molecular complexity index is 403. The van der Waals surface area contributed by atoms with Crippen LogP contribution in [0.4, 0.5) is 0 Å². The third kappa shape index (κ3) is 1.08. The molecule has 0 saturated heterocycles. The molecule has 2 aromatic rings. The Labute approximate surface area is 70.6 Å². The van der Waals surface area contributed by atoms with Crippen molar-refractivity contribution in [3.05, 3.63) is 29.6 Å². The number of H-pyrrole nitrogens is 1. The summed E-state index contributed by atoms with van der Waals surface area (Å²) in [5, 5.41) is 1.13. The van der Waals surface area contributed by atoms with Crippen molar-refractivity contribution in [2.24, 2.45) is 5.73 Å². The average molecular weight is 161 g/mol. The van der Waals surface area contributed by atoms with E-state index < -0.39 is 0 Å². The van der Waals surface area contributed by atoms with E-state index in [1.165, 1.54) is 0 Å². The largest absolute Gasteiger partial charge is 0.344 e. The number of rotatable bonds is 1. The Morgan fingerprint density at radius 2 is 2.33 bits per heavy atom. The molecule has 0 atom stereocenters. The van der Waals surface area contributed by atoms with Gasteiger partial charge in [-0.15, -0.1) is 0 Å². The standard InChI is InChI=1S/C9H11N3/c1-6-2-8-3-7(4-10)5-11-9(8)12-6/h2-3,5H,4,10H2,1H3,(H,11,12). The van der Waals surface area contributed by atoms with Gasteiger partial charge in [0.1, 0.15) is 5.65 Å². The molecule has 62 valence electrons.